The van der Waals surface area contributed by atoms with E-state index < -0.39 is 10.7 Å². The lowest BCUT2D eigenvalue weighted by Gasteiger charge is -1.93. The number of carbonyl (C=O) groups excluding carboxylic acids is 1. The monoisotopic (exact) mass is 395 g/mol. The quantitative estimate of drug-likeness (QED) is 0.274. The molecule has 3 rings (SSSR count). The summed E-state index contributed by atoms with van der Waals surface area (Å²) in [5, 5.41) is 18.7. The molecule has 9 nitrogen and oxygen atoms in total. The van der Waals surface area contributed by atoms with Gasteiger partial charge in [-0.1, -0.05) is 23.2 Å². The Morgan fingerprint density at radius 3 is 2.69 bits per heavy atom. The molecule has 3 aromatic heterocycles. The minimum Gasteiger partial charge on any atom is -0.460 e. The largest absolute Gasteiger partial charge is 0.460 e. The maximum absolute atomic E-state index is 12.1. The maximum Gasteiger partial charge on any atom is 0.408 e. The van der Waals surface area contributed by atoms with Crippen LogP contribution in [0.3, 0.4) is 0 Å². The predicted octanol–water partition coefficient (Wildman–Crippen LogP) is 3.37. The van der Waals surface area contributed by atoms with E-state index in [0.29, 0.717) is 11.5 Å². The molecule has 0 aromatic carbocycles. The summed E-state index contributed by atoms with van der Waals surface area (Å²) < 4.78 is 8.29. The maximum atomic E-state index is 12.1. The average Bonchev–Trinajstić information content (AvgIpc) is 3.25. The molecular formula is C15H11Cl2N5O4. The number of aromatic nitrogens is 4. The Kier molecular flexibility index (Phi) is 4.92. The van der Waals surface area contributed by atoms with Gasteiger partial charge in [0, 0.05) is 13.2 Å². The first-order valence-corrected chi connectivity index (χ1v) is 7.96. The summed E-state index contributed by atoms with van der Waals surface area (Å²) in [7, 11) is 1.66. The van der Waals surface area contributed by atoms with E-state index in [4.69, 9.17) is 27.6 Å². The van der Waals surface area contributed by atoms with Gasteiger partial charge in [0.15, 0.2) is 10.7 Å². The van der Waals surface area contributed by atoms with Crippen LogP contribution in [-0.2, 0) is 13.6 Å². The van der Waals surface area contributed by atoms with Gasteiger partial charge in [-0.25, -0.2) is 0 Å². The number of carbonyl (C=O) groups is 1. The molecule has 3 heterocycles. The molecule has 0 spiro atoms. The molecule has 134 valence electrons. The third-order valence-electron chi connectivity index (χ3n) is 3.29. The molecule has 0 saturated heterocycles. The molecule has 26 heavy (non-hydrogen) atoms. The molecule has 0 N–H and O–H groups in total. The fraction of sp³-hybridized carbons (Fsp3) is 0.133. The second-order valence-corrected chi connectivity index (χ2v) is 6.07. The summed E-state index contributed by atoms with van der Waals surface area (Å²) >= 11 is 11.7. The molecule has 0 atom stereocenters. The molecule has 11 heteroatoms. The Hall–Kier alpha value is -2.91. The fourth-order valence-electron chi connectivity index (χ4n) is 2.18. The van der Waals surface area contributed by atoms with Crippen LogP contribution in [0.5, 0.6) is 0 Å². The number of aryl methyl sites for hydroxylation is 1. The van der Waals surface area contributed by atoms with Crippen LogP contribution in [0.15, 0.2) is 35.0 Å². The Morgan fingerprint density at radius 2 is 2.08 bits per heavy atom. The van der Waals surface area contributed by atoms with Gasteiger partial charge in [-0.3, -0.25) is 9.48 Å². The normalized spacial score (nSPS) is 11.3. The first-order valence-electron chi connectivity index (χ1n) is 7.21. The molecule has 0 radical (unpaired) electrons. The Balaban J connectivity index is 1.70. The topological polar surface area (TPSA) is 109 Å². The summed E-state index contributed by atoms with van der Waals surface area (Å²) in [4.78, 5) is 22.2. The van der Waals surface area contributed by atoms with Crippen molar-refractivity contribution in [3.05, 3.63) is 68.0 Å². The van der Waals surface area contributed by atoms with Crippen molar-refractivity contribution in [3.63, 3.8) is 0 Å². The number of nitro groups is 1. The number of nitrogens with zero attached hydrogens (tertiary/aromatic N) is 5. The van der Waals surface area contributed by atoms with E-state index in [1.165, 1.54) is 33.9 Å². The number of halogens is 2. The number of allylic oxidation sites excluding steroid dienone is 1. The van der Waals surface area contributed by atoms with Gasteiger partial charge in [0.25, 0.3) is 0 Å². The second-order valence-electron chi connectivity index (χ2n) is 5.26. The number of hydrogen-bond donors (Lipinski definition) is 0. The fourth-order valence-corrected chi connectivity index (χ4v) is 2.68. The zero-order valence-corrected chi connectivity index (χ0v) is 14.8. The number of ketones is 1. The van der Waals surface area contributed by atoms with Crippen LogP contribution in [0.25, 0.3) is 6.08 Å². The molecule has 0 bridgehead atoms. The molecule has 0 aliphatic rings. The lowest BCUT2D eigenvalue weighted by molar-refractivity contribution is -0.389. The van der Waals surface area contributed by atoms with Crippen LogP contribution < -0.4 is 0 Å². The minimum absolute atomic E-state index is 0.0560. The second kappa shape index (κ2) is 7.14. The number of furan rings is 1. The summed E-state index contributed by atoms with van der Waals surface area (Å²) in [6.07, 6.45) is 5.65. The average molecular weight is 396 g/mol. The standard InChI is InChI=1S/C15H11Cl2N5O4/c1-20-7-11(16)14(18-20)13(23)5-4-9-2-3-10(26-9)6-21-8-12(17)15(19-21)22(24)25/h2-5,7-8H,6H2,1H3/b5-4+. The van der Waals surface area contributed by atoms with Crippen molar-refractivity contribution < 1.29 is 14.1 Å². The molecule has 0 unspecified atom stereocenters. The zero-order chi connectivity index (χ0) is 18.8. The molecule has 0 saturated carbocycles. The third-order valence-corrected chi connectivity index (χ3v) is 3.83. The number of hydrogen-bond acceptors (Lipinski definition) is 6. The van der Waals surface area contributed by atoms with E-state index >= 15 is 0 Å². The summed E-state index contributed by atoms with van der Waals surface area (Å²) in [6, 6.07) is 3.32. The van der Waals surface area contributed by atoms with Crippen LogP contribution in [0.2, 0.25) is 10.0 Å². The van der Waals surface area contributed by atoms with Gasteiger partial charge in [-0.15, -0.1) is 0 Å². The van der Waals surface area contributed by atoms with Gasteiger partial charge in [0.05, 0.1) is 16.3 Å². The van der Waals surface area contributed by atoms with Crippen molar-refractivity contribution in [2.75, 3.05) is 0 Å². The Morgan fingerprint density at radius 1 is 1.31 bits per heavy atom. The van der Waals surface area contributed by atoms with Gasteiger partial charge >= 0.3 is 5.82 Å². The van der Waals surface area contributed by atoms with Gasteiger partial charge in [-0.2, -0.15) is 9.78 Å². The minimum atomic E-state index is -0.663. The summed E-state index contributed by atoms with van der Waals surface area (Å²) in [5.41, 5.74) is 0.149. The molecular weight excluding hydrogens is 385 g/mol. The van der Waals surface area contributed by atoms with Gasteiger partial charge < -0.3 is 14.5 Å². The highest BCUT2D eigenvalue weighted by Gasteiger charge is 2.19. The first-order chi connectivity index (χ1) is 12.3. The SMILES string of the molecule is Cn1cc(Cl)c(C(=O)/C=C/c2ccc(Cn3cc(Cl)c([N+](=O)[O-])n3)o2)n1. The highest BCUT2D eigenvalue weighted by molar-refractivity contribution is 6.34. The van der Waals surface area contributed by atoms with E-state index in [9.17, 15) is 14.9 Å². The highest BCUT2D eigenvalue weighted by Crippen LogP contribution is 2.22. The molecule has 0 aliphatic heterocycles. The first kappa shape index (κ1) is 17.9. The highest BCUT2D eigenvalue weighted by atomic mass is 35.5. The van der Waals surface area contributed by atoms with Crippen molar-refractivity contribution in [1.82, 2.24) is 19.6 Å². The third kappa shape index (κ3) is 3.84. The van der Waals surface area contributed by atoms with E-state index in [1.54, 1.807) is 19.2 Å². The lowest BCUT2D eigenvalue weighted by atomic mass is 10.2. The van der Waals surface area contributed by atoms with E-state index in [-0.39, 0.29) is 28.1 Å². The van der Waals surface area contributed by atoms with Crippen LogP contribution in [0.1, 0.15) is 22.0 Å². The van der Waals surface area contributed by atoms with Crippen molar-refractivity contribution in [1.29, 1.82) is 0 Å². The van der Waals surface area contributed by atoms with E-state index in [1.807, 2.05) is 0 Å². The summed E-state index contributed by atoms with van der Waals surface area (Å²) in [6.45, 7) is 0.154. The van der Waals surface area contributed by atoms with Crippen LogP contribution in [0.4, 0.5) is 5.82 Å². The van der Waals surface area contributed by atoms with Crippen LogP contribution >= 0.6 is 23.2 Å². The van der Waals surface area contributed by atoms with Crippen molar-refractivity contribution in [3.8, 4) is 0 Å². The smallest absolute Gasteiger partial charge is 0.408 e. The molecule has 3 aromatic rings. The zero-order valence-electron chi connectivity index (χ0n) is 13.3. The van der Waals surface area contributed by atoms with E-state index in [0.717, 1.165) is 0 Å². The summed E-state index contributed by atoms with van der Waals surface area (Å²) in [5.74, 6) is 0.134. The van der Waals surface area contributed by atoms with Crippen molar-refractivity contribution >= 4 is 40.9 Å². The molecule has 0 aliphatic carbocycles. The van der Waals surface area contributed by atoms with Gasteiger partial charge in [0.1, 0.15) is 18.1 Å². The van der Waals surface area contributed by atoms with E-state index in [2.05, 4.69) is 10.2 Å². The van der Waals surface area contributed by atoms with Crippen LogP contribution in [0, 0.1) is 10.1 Å². The molecule has 0 fully saturated rings. The molecule has 0 amide bonds. The lowest BCUT2D eigenvalue weighted by Crippen LogP contribution is -2.00. The Labute approximate surface area is 156 Å². The van der Waals surface area contributed by atoms with Crippen LogP contribution in [-0.4, -0.2) is 30.3 Å². The predicted molar refractivity (Wildman–Crippen MR) is 93.3 cm³/mol. The van der Waals surface area contributed by atoms with Gasteiger partial charge in [0.2, 0.25) is 5.78 Å². The van der Waals surface area contributed by atoms with Crippen molar-refractivity contribution in [2.24, 2.45) is 7.05 Å². The number of rotatable bonds is 6. The Bertz CT molecular complexity index is 1020. The van der Waals surface area contributed by atoms with Gasteiger partial charge in [-0.05, 0) is 29.2 Å². The van der Waals surface area contributed by atoms with Crippen molar-refractivity contribution in [2.45, 2.75) is 6.54 Å².